The molecule has 1 aromatic carbocycles. The summed E-state index contributed by atoms with van der Waals surface area (Å²) in [5, 5.41) is 1.07. The van der Waals surface area contributed by atoms with Crippen LogP contribution in [-0.4, -0.2) is 13.2 Å². The lowest BCUT2D eigenvalue weighted by molar-refractivity contribution is -0.644. The van der Waals surface area contributed by atoms with Crippen LogP contribution in [-0.2, 0) is 20.7 Å². The molecule has 0 unspecified atom stereocenters. The molecule has 0 N–H and O–H groups in total. The van der Waals surface area contributed by atoms with Crippen LogP contribution >= 0.6 is 7.82 Å². The topological polar surface area (TPSA) is 48.6 Å². The number of aryl methyl sites for hydroxylation is 1. The number of phosphoric ester groups is 1. The quantitative estimate of drug-likeness (QED) is 0.379. The Labute approximate surface area is 141 Å². The number of benzene rings is 1. The highest BCUT2D eigenvalue weighted by molar-refractivity contribution is 7.48. The Balaban J connectivity index is 0.00000220. The molecule has 0 amide bonds. The second kappa shape index (κ2) is 8.08. The van der Waals surface area contributed by atoms with Crippen LogP contribution < -0.4 is 33.1 Å². The Bertz CT molecular complexity index is 640. The van der Waals surface area contributed by atoms with E-state index in [1.807, 2.05) is 42.1 Å². The SMILES string of the molecule is CCOP(=O)(OCC)Oc1ccc2ccc[n+](C)c2c1.[I-]. The smallest absolute Gasteiger partial charge is 0.530 e. The maximum atomic E-state index is 12.3. The molecule has 0 fully saturated rings. The number of nitrogens with zero attached hydrogens (tertiary/aromatic N) is 1. The van der Waals surface area contributed by atoms with Crippen LogP contribution in [0.3, 0.4) is 0 Å². The molecule has 0 radical (unpaired) electrons. The Morgan fingerprint density at radius 2 is 1.81 bits per heavy atom. The van der Waals surface area contributed by atoms with Gasteiger partial charge in [0.05, 0.1) is 19.3 Å². The fourth-order valence-corrected chi connectivity index (χ4v) is 3.10. The number of hydrogen-bond donors (Lipinski definition) is 0. The first-order valence-corrected chi connectivity index (χ1v) is 8.01. The Kier molecular flexibility index (Phi) is 7.06. The van der Waals surface area contributed by atoms with Gasteiger partial charge in [0.25, 0.3) is 0 Å². The average molecular weight is 423 g/mol. The predicted octanol–water partition coefficient (Wildman–Crippen LogP) is 0.228. The van der Waals surface area contributed by atoms with E-state index < -0.39 is 7.82 Å². The number of aromatic nitrogens is 1. The number of rotatable bonds is 6. The molecule has 2 aromatic rings. The maximum absolute atomic E-state index is 12.3. The third-order valence-electron chi connectivity index (χ3n) is 2.76. The Hall–Kier alpha value is -0.690. The molecule has 0 atom stereocenters. The number of hydrogen-bond acceptors (Lipinski definition) is 4. The second-order valence-corrected chi connectivity index (χ2v) is 5.81. The summed E-state index contributed by atoms with van der Waals surface area (Å²) in [6.07, 6.45) is 1.94. The van der Waals surface area contributed by atoms with Crippen molar-refractivity contribution in [3.63, 3.8) is 0 Å². The minimum absolute atomic E-state index is 0. The molecule has 1 heterocycles. The highest BCUT2D eigenvalue weighted by Crippen LogP contribution is 2.49. The van der Waals surface area contributed by atoms with Gasteiger partial charge in [0, 0.05) is 11.5 Å². The summed E-state index contributed by atoms with van der Waals surface area (Å²) in [5.41, 5.74) is 0.976. The van der Waals surface area contributed by atoms with Crippen molar-refractivity contribution in [2.45, 2.75) is 13.8 Å². The molecule has 5 nitrogen and oxygen atoms in total. The van der Waals surface area contributed by atoms with Crippen LogP contribution in [0.4, 0.5) is 0 Å². The van der Waals surface area contributed by atoms with Crippen LogP contribution in [0.2, 0.25) is 0 Å². The standard InChI is InChI=1S/C14H19NO4P.HI/c1-4-17-20(16,18-5-2)19-13-9-8-12-7-6-10-15(3)14(12)11-13;/h6-11H,4-5H2,1-3H3;1H/q+1;/p-1. The Morgan fingerprint density at radius 1 is 1.14 bits per heavy atom. The van der Waals surface area contributed by atoms with Crippen molar-refractivity contribution >= 4 is 18.7 Å². The highest BCUT2D eigenvalue weighted by Gasteiger charge is 2.27. The lowest BCUT2D eigenvalue weighted by atomic mass is 10.2. The minimum atomic E-state index is -3.54. The fourth-order valence-electron chi connectivity index (χ4n) is 1.92. The fraction of sp³-hybridized carbons (Fsp3) is 0.357. The largest absolute Gasteiger partial charge is 1.00 e. The monoisotopic (exact) mass is 423 g/mol. The summed E-state index contributed by atoms with van der Waals surface area (Å²) in [4.78, 5) is 0. The van der Waals surface area contributed by atoms with E-state index in [1.165, 1.54) is 0 Å². The van der Waals surface area contributed by atoms with Crippen molar-refractivity contribution in [2.75, 3.05) is 13.2 Å². The van der Waals surface area contributed by atoms with Crippen molar-refractivity contribution in [3.05, 3.63) is 36.5 Å². The zero-order valence-corrected chi connectivity index (χ0v) is 15.3. The third-order valence-corrected chi connectivity index (χ3v) is 4.34. The van der Waals surface area contributed by atoms with Gasteiger partial charge in [-0.15, -0.1) is 0 Å². The molecule has 1 aromatic heterocycles. The molecular weight excluding hydrogens is 404 g/mol. The zero-order valence-electron chi connectivity index (χ0n) is 12.3. The van der Waals surface area contributed by atoms with Crippen molar-refractivity contribution in [1.82, 2.24) is 0 Å². The molecule has 0 aliphatic rings. The van der Waals surface area contributed by atoms with Gasteiger partial charge >= 0.3 is 7.82 Å². The van der Waals surface area contributed by atoms with Crippen molar-refractivity contribution in [1.29, 1.82) is 0 Å². The van der Waals surface area contributed by atoms with Crippen LogP contribution in [0.1, 0.15) is 13.8 Å². The molecule has 0 aliphatic carbocycles. The van der Waals surface area contributed by atoms with E-state index in [1.54, 1.807) is 19.9 Å². The van der Waals surface area contributed by atoms with E-state index in [4.69, 9.17) is 13.6 Å². The summed E-state index contributed by atoms with van der Waals surface area (Å²) < 4.78 is 30.0. The van der Waals surface area contributed by atoms with Gasteiger partial charge in [-0.3, -0.25) is 9.05 Å². The van der Waals surface area contributed by atoms with Crippen LogP contribution in [0.25, 0.3) is 10.9 Å². The lowest BCUT2D eigenvalue weighted by Gasteiger charge is -2.16. The molecule has 0 saturated heterocycles. The van der Waals surface area contributed by atoms with Gasteiger partial charge in [0.1, 0.15) is 12.8 Å². The Morgan fingerprint density at radius 3 is 2.43 bits per heavy atom. The zero-order chi connectivity index (χ0) is 14.6. The minimum Gasteiger partial charge on any atom is -1.00 e. The molecule has 7 heteroatoms. The van der Waals surface area contributed by atoms with E-state index in [9.17, 15) is 4.57 Å². The molecule has 21 heavy (non-hydrogen) atoms. The third kappa shape index (κ3) is 4.64. The molecule has 0 bridgehead atoms. The van der Waals surface area contributed by atoms with Gasteiger partial charge in [-0.05, 0) is 32.0 Å². The van der Waals surface area contributed by atoms with Gasteiger partial charge in [-0.1, -0.05) is 0 Å². The van der Waals surface area contributed by atoms with Crippen molar-refractivity contribution < 1.29 is 46.7 Å². The molecule has 116 valence electrons. The van der Waals surface area contributed by atoms with Crippen LogP contribution in [0.15, 0.2) is 36.5 Å². The van der Waals surface area contributed by atoms with Crippen LogP contribution in [0, 0.1) is 0 Å². The van der Waals surface area contributed by atoms with E-state index in [2.05, 4.69) is 0 Å². The molecule has 0 aliphatic heterocycles. The number of fused-ring (bicyclic) bond motifs is 1. The van der Waals surface area contributed by atoms with E-state index in [0.29, 0.717) is 5.75 Å². The summed E-state index contributed by atoms with van der Waals surface area (Å²) >= 11 is 0. The predicted molar refractivity (Wildman–Crippen MR) is 76.6 cm³/mol. The van der Waals surface area contributed by atoms with Gasteiger partial charge in [0.2, 0.25) is 5.52 Å². The van der Waals surface area contributed by atoms with E-state index in [-0.39, 0.29) is 37.2 Å². The lowest BCUT2D eigenvalue weighted by Crippen LogP contribution is -3.00. The van der Waals surface area contributed by atoms with Crippen molar-refractivity contribution in [3.8, 4) is 5.75 Å². The maximum Gasteiger partial charge on any atom is 0.530 e. The molecule has 0 saturated carbocycles. The average Bonchev–Trinajstić information content (AvgIpc) is 2.40. The van der Waals surface area contributed by atoms with E-state index >= 15 is 0 Å². The number of pyridine rings is 1. The van der Waals surface area contributed by atoms with Crippen LogP contribution in [0.5, 0.6) is 5.75 Å². The molecular formula is C14H19INO4P. The summed E-state index contributed by atoms with van der Waals surface area (Å²) in [6, 6.07) is 9.46. The molecule has 2 rings (SSSR count). The first kappa shape index (κ1) is 18.4. The van der Waals surface area contributed by atoms with Gasteiger partial charge in [-0.2, -0.15) is 0 Å². The molecule has 0 spiro atoms. The van der Waals surface area contributed by atoms with Gasteiger partial charge < -0.3 is 28.5 Å². The summed E-state index contributed by atoms with van der Waals surface area (Å²) in [6.45, 7) is 4.02. The van der Waals surface area contributed by atoms with Gasteiger partial charge in [-0.25, -0.2) is 9.13 Å². The van der Waals surface area contributed by atoms with Crippen molar-refractivity contribution in [2.24, 2.45) is 7.05 Å². The summed E-state index contributed by atoms with van der Waals surface area (Å²) in [7, 11) is -1.60. The number of phosphoric acid groups is 1. The first-order chi connectivity index (χ1) is 9.58. The van der Waals surface area contributed by atoms with E-state index in [0.717, 1.165) is 10.9 Å². The summed E-state index contributed by atoms with van der Waals surface area (Å²) in [5.74, 6) is 0.463. The number of halogens is 1. The van der Waals surface area contributed by atoms with Gasteiger partial charge in [0.15, 0.2) is 6.20 Å². The normalized spacial score (nSPS) is 11.2. The highest BCUT2D eigenvalue weighted by atomic mass is 127. The first-order valence-electron chi connectivity index (χ1n) is 6.55. The second-order valence-electron chi connectivity index (χ2n) is 4.21.